The van der Waals surface area contributed by atoms with Gasteiger partial charge in [-0.25, -0.2) is 19.1 Å². The van der Waals surface area contributed by atoms with Gasteiger partial charge in [0.05, 0.1) is 22.6 Å². The quantitative estimate of drug-likeness (QED) is 0.161. The van der Waals surface area contributed by atoms with Gasteiger partial charge in [0.2, 0.25) is 0 Å². The number of carbonyl (C=O) groups is 3. The third kappa shape index (κ3) is 6.79. The van der Waals surface area contributed by atoms with Crippen molar-refractivity contribution in [1.29, 1.82) is 0 Å². The number of para-hydroxylation sites is 1. The fourth-order valence-corrected chi connectivity index (χ4v) is 7.64. The molecule has 2 amide bonds. The van der Waals surface area contributed by atoms with Crippen molar-refractivity contribution in [1.82, 2.24) is 24.1 Å². The number of anilines is 2. The van der Waals surface area contributed by atoms with E-state index in [-0.39, 0.29) is 17.1 Å². The Morgan fingerprint density at radius 3 is 2.31 bits per heavy atom. The number of thiophene rings is 1. The molecular formula is C37H32BrN7O5S. The second-order valence-electron chi connectivity index (χ2n) is 11.9. The average molecular weight is 767 g/mol. The first kappa shape index (κ1) is 33.9. The second-order valence-corrected chi connectivity index (χ2v) is 14.0. The van der Waals surface area contributed by atoms with Gasteiger partial charge >= 0.3 is 5.97 Å². The number of esters is 1. The van der Waals surface area contributed by atoms with E-state index in [0.717, 1.165) is 39.7 Å². The van der Waals surface area contributed by atoms with Crippen molar-refractivity contribution in [3.05, 3.63) is 127 Å². The predicted molar refractivity (Wildman–Crippen MR) is 198 cm³/mol. The number of fused-ring (bicyclic) bond motifs is 1. The highest BCUT2D eigenvalue weighted by Crippen LogP contribution is 2.38. The molecule has 1 aliphatic carbocycles. The van der Waals surface area contributed by atoms with E-state index in [4.69, 9.17) is 4.74 Å². The number of nitrogens with zero attached hydrogens (tertiary/aromatic N) is 5. The van der Waals surface area contributed by atoms with Crippen LogP contribution in [0.15, 0.2) is 94.2 Å². The number of rotatable bonds is 9. The first-order valence-electron chi connectivity index (χ1n) is 16.2. The molecule has 0 bridgehead atoms. The van der Waals surface area contributed by atoms with E-state index in [9.17, 15) is 19.2 Å². The lowest BCUT2D eigenvalue weighted by Crippen LogP contribution is -2.25. The van der Waals surface area contributed by atoms with Crippen LogP contribution in [0.5, 0.6) is 0 Å². The van der Waals surface area contributed by atoms with Gasteiger partial charge in [0.1, 0.15) is 10.7 Å². The number of nitrogens with one attached hydrogen (secondary N) is 2. The van der Waals surface area contributed by atoms with Gasteiger partial charge in [-0.15, -0.1) is 16.4 Å². The Balaban J connectivity index is 1.10. The molecule has 0 atom stereocenters. The monoisotopic (exact) mass is 765 g/mol. The molecule has 12 nitrogen and oxygen atoms in total. The molecule has 0 aliphatic heterocycles. The highest BCUT2D eigenvalue weighted by molar-refractivity contribution is 9.10. The Bertz CT molecular complexity index is 2330. The number of hydrogen-bond acceptors (Lipinski definition) is 8. The van der Waals surface area contributed by atoms with Gasteiger partial charge in [-0.3, -0.25) is 19.1 Å². The summed E-state index contributed by atoms with van der Waals surface area (Å²) in [4.78, 5) is 59.3. The lowest BCUT2D eigenvalue weighted by molar-refractivity contribution is -0.119. The van der Waals surface area contributed by atoms with E-state index < -0.39 is 24.4 Å². The minimum atomic E-state index is -0.879. The number of aromatic nitrogens is 5. The summed E-state index contributed by atoms with van der Waals surface area (Å²) in [5, 5.41) is 10.4. The molecule has 2 N–H and O–H groups in total. The van der Waals surface area contributed by atoms with Crippen molar-refractivity contribution in [3.63, 3.8) is 0 Å². The van der Waals surface area contributed by atoms with Crippen LogP contribution in [0.4, 0.5) is 10.7 Å². The lowest BCUT2D eigenvalue weighted by Gasteiger charge is -2.13. The van der Waals surface area contributed by atoms with Gasteiger partial charge in [0.15, 0.2) is 12.4 Å². The highest BCUT2D eigenvalue weighted by atomic mass is 79.9. The van der Waals surface area contributed by atoms with Gasteiger partial charge in [0.25, 0.3) is 23.2 Å². The van der Waals surface area contributed by atoms with Crippen LogP contribution in [0.3, 0.4) is 0 Å². The summed E-state index contributed by atoms with van der Waals surface area (Å²) in [6, 6.07) is 25.8. The van der Waals surface area contributed by atoms with E-state index in [1.165, 1.54) is 16.0 Å². The summed E-state index contributed by atoms with van der Waals surface area (Å²) in [5.41, 5.74) is 3.59. The largest absolute Gasteiger partial charge is 0.450 e. The molecule has 6 aromatic rings. The number of benzene rings is 3. The molecule has 3 aromatic heterocycles. The number of halogens is 1. The number of aryl methyl sites for hydroxylation is 1. The molecule has 3 heterocycles. The number of carbonyl (C=O) groups excluding carboxylic acids is 3. The molecule has 0 spiro atoms. The van der Waals surface area contributed by atoms with Crippen LogP contribution >= 0.6 is 27.3 Å². The Hall–Kier alpha value is -5.60. The highest BCUT2D eigenvalue weighted by Gasteiger charge is 2.29. The number of amides is 2. The maximum absolute atomic E-state index is 13.9. The third-order valence-corrected chi connectivity index (χ3v) is 10.4. The van der Waals surface area contributed by atoms with E-state index in [0.29, 0.717) is 39.9 Å². The van der Waals surface area contributed by atoms with Crippen molar-refractivity contribution in [2.75, 3.05) is 17.2 Å². The zero-order chi connectivity index (χ0) is 35.6. The summed E-state index contributed by atoms with van der Waals surface area (Å²) in [7, 11) is 1.75. The van der Waals surface area contributed by atoms with Gasteiger partial charge in [0, 0.05) is 22.0 Å². The van der Waals surface area contributed by atoms with Crippen molar-refractivity contribution >= 4 is 55.7 Å². The molecule has 258 valence electrons. The van der Waals surface area contributed by atoms with Gasteiger partial charge < -0.3 is 15.4 Å². The Morgan fingerprint density at radius 2 is 1.59 bits per heavy atom. The number of ether oxygens (including phenoxy) is 1. The molecule has 0 saturated carbocycles. The Morgan fingerprint density at radius 1 is 0.902 bits per heavy atom. The molecule has 0 unspecified atom stereocenters. The van der Waals surface area contributed by atoms with Crippen LogP contribution in [0.2, 0.25) is 0 Å². The van der Waals surface area contributed by atoms with Gasteiger partial charge in [-0.05, 0) is 74.6 Å². The summed E-state index contributed by atoms with van der Waals surface area (Å²) < 4.78 is 11.0. The zero-order valence-corrected chi connectivity index (χ0v) is 30.1. The molecule has 14 heteroatoms. The normalized spacial score (nSPS) is 12.3. The van der Waals surface area contributed by atoms with Gasteiger partial charge in [-0.1, -0.05) is 64.5 Å². The molecule has 0 fully saturated rings. The molecule has 0 saturated heterocycles. The Labute approximate surface area is 304 Å². The number of hydrogen-bond donors (Lipinski definition) is 2. The minimum Gasteiger partial charge on any atom is -0.450 e. The smallest absolute Gasteiger partial charge is 0.378 e. The predicted octanol–water partition coefficient (Wildman–Crippen LogP) is 6.48. The fraction of sp³-hybridized carbons (Fsp3) is 0.189. The molecule has 0 radical (unpaired) electrons. The first-order valence-corrected chi connectivity index (χ1v) is 17.9. The topological polar surface area (TPSA) is 142 Å². The van der Waals surface area contributed by atoms with Crippen LogP contribution in [0.1, 0.15) is 50.0 Å². The molecular weight excluding hydrogens is 734 g/mol. The minimum absolute atomic E-state index is 0.151. The summed E-state index contributed by atoms with van der Waals surface area (Å²) in [6.07, 6.45) is 3.29. The molecule has 7 rings (SSSR count). The Kier molecular flexibility index (Phi) is 9.52. The van der Waals surface area contributed by atoms with Crippen LogP contribution in [-0.2, 0) is 29.4 Å². The van der Waals surface area contributed by atoms with Crippen LogP contribution in [0.25, 0.3) is 22.8 Å². The van der Waals surface area contributed by atoms with E-state index in [2.05, 4.69) is 36.6 Å². The average Bonchev–Trinajstić information content (AvgIpc) is 3.81. The van der Waals surface area contributed by atoms with Crippen molar-refractivity contribution in [2.45, 2.75) is 32.6 Å². The lowest BCUT2D eigenvalue weighted by atomic mass is 9.95. The molecule has 1 aliphatic rings. The summed E-state index contributed by atoms with van der Waals surface area (Å²) in [6.45, 7) is 1.13. The van der Waals surface area contributed by atoms with Crippen molar-refractivity contribution in [3.8, 4) is 22.8 Å². The van der Waals surface area contributed by atoms with Crippen LogP contribution in [-0.4, -0.2) is 48.5 Å². The van der Waals surface area contributed by atoms with E-state index in [1.807, 2.05) is 84.9 Å². The SMILES string of the molecule is Cc1c(NC(=O)c2c(NC(=O)COC(=O)c3nc(-c4ccccc4)n(-c4ccc(Br)cc4)n3)sc3c2CCCC3)c(=O)n(-c2ccccc2)n1C. The van der Waals surface area contributed by atoms with E-state index >= 15 is 0 Å². The zero-order valence-electron chi connectivity index (χ0n) is 27.7. The maximum Gasteiger partial charge on any atom is 0.378 e. The summed E-state index contributed by atoms with van der Waals surface area (Å²) >= 11 is 4.76. The first-order chi connectivity index (χ1) is 24.7. The van der Waals surface area contributed by atoms with Crippen molar-refractivity contribution in [2.24, 2.45) is 7.05 Å². The third-order valence-electron chi connectivity index (χ3n) is 8.67. The second kappa shape index (κ2) is 14.3. The van der Waals surface area contributed by atoms with Crippen LogP contribution < -0.4 is 16.2 Å². The van der Waals surface area contributed by atoms with E-state index in [1.54, 1.807) is 23.3 Å². The van der Waals surface area contributed by atoms with Gasteiger partial charge in [-0.2, -0.15) is 0 Å². The fourth-order valence-electron chi connectivity index (χ4n) is 6.08. The summed E-state index contributed by atoms with van der Waals surface area (Å²) in [5.74, 6) is -1.79. The molecule has 51 heavy (non-hydrogen) atoms. The van der Waals surface area contributed by atoms with Crippen molar-refractivity contribution < 1.29 is 19.1 Å². The van der Waals surface area contributed by atoms with Crippen LogP contribution in [0, 0.1) is 6.92 Å². The maximum atomic E-state index is 13.9. The standard InChI is InChI=1S/C37H32BrN7O5S/c1-22-31(36(48)45(43(22)2)26-13-7-4-8-14-26)40-34(47)30-27-15-9-10-16-28(27)51-35(30)39-29(46)21-50-37(49)32-41-33(23-11-5-3-6-12-23)44(42-32)25-19-17-24(38)18-20-25/h3-8,11-14,17-20H,9-10,15-16,21H2,1-2H3,(H,39,46)(H,40,47). The molecule has 3 aromatic carbocycles.